The van der Waals surface area contributed by atoms with Crippen LogP contribution in [-0.2, 0) is 0 Å². The minimum absolute atomic E-state index is 0.0184. The van der Waals surface area contributed by atoms with Crippen LogP contribution in [0.15, 0.2) is 18.2 Å². The molecule has 1 aromatic carbocycles. The fourth-order valence-electron chi connectivity index (χ4n) is 1.41. The smallest absolute Gasteiger partial charge is 0.255 e. The summed E-state index contributed by atoms with van der Waals surface area (Å²) in [6.45, 7) is 4.25. The molecular weight excluding hydrogens is 254 g/mol. The van der Waals surface area contributed by atoms with Gasteiger partial charge in [-0.25, -0.2) is 0 Å². The van der Waals surface area contributed by atoms with Crippen LogP contribution in [-0.4, -0.2) is 30.3 Å². The second-order valence-corrected chi connectivity index (χ2v) is 4.58. The Balaban J connectivity index is 2.83. The van der Waals surface area contributed by atoms with Crippen molar-refractivity contribution in [1.82, 2.24) is 5.32 Å². The topological polar surface area (TPSA) is 58.6 Å². The first kappa shape index (κ1) is 14.8. The SMILES string of the molecule is CC(C)Oc1ccc(Cl)cc1C(=O)NCCCO. The quantitative estimate of drug-likeness (QED) is 0.780. The lowest BCUT2D eigenvalue weighted by Crippen LogP contribution is -2.26. The van der Waals surface area contributed by atoms with Gasteiger partial charge in [-0.15, -0.1) is 0 Å². The third kappa shape index (κ3) is 4.55. The number of halogens is 1. The van der Waals surface area contributed by atoms with Gasteiger partial charge < -0.3 is 15.2 Å². The highest BCUT2D eigenvalue weighted by molar-refractivity contribution is 6.31. The highest BCUT2D eigenvalue weighted by atomic mass is 35.5. The molecule has 0 heterocycles. The van der Waals surface area contributed by atoms with Crippen LogP contribution in [0.1, 0.15) is 30.6 Å². The van der Waals surface area contributed by atoms with Crippen molar-refractivity contribution in [3.63, 3.8) is 0 Å². The molecule has 4 nitrogen and oxygen atoms in total. The summed E-state index contributed by atoms with van der Waals surface area (Å²) in [4.78, 5) is 11.9. The van der Waals surface area contributed by atoms with Crippen LogP contribution >= 0.6 is 11.6 Å². The van der Waals surface area contributed by atoms with E-state index in [0.29, 0.717) is 29.3 Å². The summed E-state index contributed by atoms with van der Waals surface area (Å²) in [5.41, 5.74) is 0.411. The lowest BCUT2D eigenvalue weighted by Gasteiger charge is -2.14. The monoisotopic (exact) mass is 271 g/mol. The van der Waals surface area contributed by atoms with E-state index in [4.69, 9.17) is 21.4 Å². The molecule has 0 aromatic heterocycles. The van der Waals surface area contributed by atoms with Gasteiger partial charge in [0.1, 0.15) is 5.75 Å². The van der Waals surface area contributed by atoms with Crippen molar-refractivity contribution in [2.45, 2.75) is 26.4 Å². The van der Waals surface area contributed by atoms with Crippen molar-refractivity contribution in [3.8, 4) is 5.75 Å². The van der Waals surface area contributed by atoms with Crippen molar-refractivity contribution in [2.24, 2.45) is 0 Å². The molecule has 1 rings (SSSR count). The minimum atomic E-state index is -0.249. The average Bonchev–Trinajstić information content (AvgIpc) is 2.31. The number of amides is 1. The van der Waals surface area contributed by atoms with Crippen LogP contribution in [0.4, 0.5) is 0 Å². The Morgan fingerprint density at radius 1 is 1.50 bits per heavy atom. The minimum Gasteiger partial charge on any atom is -0.490 e. The first-order valence-corrected chi connectivity index (χ1v) is 6.27. The van der Waals surface area contributed by atoms with Gasteiger partial charge in [0.05, 0.1) is 11.7 Å². The van der Waals surface area contributed by atoms with Crippen LogP contribution in [0.2, 0.25) is 5.02 Å². The average molecular weight is 272 g/mol. The Morgan fingerprint density at radius 2 is 2.22 bits per heavy atom. The van der Waals surface area contributed by atoms with E-state index in [-0.39, 0.29) is 18.6 Å². The van der Waals surface area contributed by atoms with Gasteiger partial charge >= 0.3 is 0 Å². The number of carbonyl (C=O) groups excluding carboxylic acids is 1. The molecule has 0 radical (unpaired) electrons. The maximum atomic E-state index is 11.9. The second kappa shape index (κ2) is 7.24. The van der Waals surface area contributed by atoms with Crippen LogP contribution in [0, 0.1) is 0 Å². The summed E-state index contributed by atoms with van der Waals surface area (Å²) in [5.74, 6) is 0.262. The van der Waals surface area contributed by atoms with Crippen molar-refractivity contribution in [3.05, 3.63) is 28.8 Å². The van der Waals surface area contributed by atoms with E-state index < -0.39 is 0 Å². The van der Waals surface area contributed by atoms with Gasteiger partial charge in [0.25, 0.3) is 5.91 Å². The number of rotatable bonds is 6. The zero-order chi connectivity index (χ0) is 13.5. The molecule has 2 N–H and O–H groups in total. The Labute approximate surface area is 112 Å². The zero-order valence-corrected chi connectivity index (χ0v) is 11.3. The molecule has 18 heavy (non-hydrogen) atoms. The molecule has 0 unspecified atom stereocenters. The van der Waals surface area contributed by atoms with E-state index in [1.807, 2.05) is 13.8 Å². The number of aliphatic hydroxyl groups excluding tert-OH is 1. The lowest BCUT2D eigenvalue weighted by molar-refractivity contribution is 0.0945. The molecule has 0 bridgehead atoms. The summed E-state index contributed by atoms with van der Waals surface area (Å²) in [5, 5.41) is 11.9. The second-order valence-electron chi connectivity index (χ2n) is 4.14. The van der Waals surface area contributed by atoms with Crippen molar-refractivity contribution in [2.75, 3.05) is 13.2 Å². The Hall–Kier alpha value is -1.26. The number of ether oxygens (including phenoxy) is 1. The predicted molar refractivity (Wildman–Crippen MR) is 71.3 cm³/mol. The van der Waals surface area contributed by atoms with E-state index >= 15 is 0 Å². The standard InChI is InChI=1S/C13H18ClNO3/c1-9(2)18-12-5-4-10(14)8-11(12)13(17)15-6-3-7-16/h4-5,8-9,16H,3,6-7H2,1-2H3,(H,15,17). The van der Waals surface area contributed by atoms with E-state index in [9.17, 15) is 4.79 Å². The maximum absolute atomic E-state index is 11.9. The lowest BCUT2D eigenvalue weighted by atomic mass is 10.2. The summed E-state index contributed by atoms with van der Waals surface area (Å²) in [7, 11) is 0. The first-order valence-electron chi connectivity index (χ1n) is 5.90. The molecule has 0 aliphatic heterocycles. The van der Waals surface area contributed by atoms with Crippen LogP contribution in [0.25, 0.3) is 0 Å². The molecule has 100 valence electrons. The van der Waals surface area contributed by atoms with Gasteiger partial charge in [0.15, 0.2) is 0 Å². The largest absolute Gasteiger partial charge is 0.490 e. The van der Waals surface area contributed by atoms with Gasteiger partial charge in [-0.2, -0.15) is 0 Å². The molecule has 0 fully saturated rings. The number of aliphatic hydroxyl groups is 1. The summed E-state index contributed by atoms with van der Waals surface area (Å²) in [6, 6.07) is 4.95. The maximum Gasteiger partial charge on any atom is 0.255 e. The van der Waals surface area contributed by atoms with Crippen LogP contribution in [0.3, 0.4) is 0 Å². The number of carbonyl (C=O) groups is 1. The summed E-state index contributed by atoms with van der Waals surface area (Å²) < 4.78 is 5.56. The molecule has 0 saturated carbocycles. The fraction of sp³-hybridized carbons (Fsp3) is 0.462. The number of nitrogens with one attached hydrogen (secondary N) is 1. The van der Waals surface area contributed by atoms with Crippen LogP contribution < -0.4 is 10.1 Å². The third-order valence-electron chi connectivity index (χ3n) is 2.17. The Kier molecular flexibility index (Phi) is 5.95. The molecular formula is C13H18ClNO3. The predicted octanol–water partition coefficient (Wildman–Crippen LogP) is 2.24. The molecule has 0 saturated heterocycles. The number of benzene rings is 1. The van der Waals surface area contributed by atoms with E-state index in [2.05, 4.69) is 5.32 Å². The van der Waals surface area contributed by atoms with Gasteiger partial charge in [-0.1, -0.05) is 11.6 Å². The molecule has 1 aromatic rings. The van der Waals surface area contributed by atoms with E-state index in [1.54, 1.807) is 18.2 Å². The molecule has 1 amide bonds. The summed E-state index contributed by atoms with van der Waals surface area (Å²) >= 11 is 5.88. The van der Waals surface area contributed by atoms with E-state index in [1.165, 1.54) is 0 Å². The fourth-order valence-corrected chi connectivity index (χ4v) is 1.58. The molecule has 0 aliphatic carbocycles. The van der Waals surface area contributed by atoms with Crippen molar-refractivity contribution >= 4 is 17.5 Å². The number of hydrogen-bond donors (Lipinski definition) is 2. The Morgan fingerprint density at radius 3 is 2.83 bits per heavy atom. The highest BCUT2D eigenvalue weighted by Gasteiger charge is 2.13. The van der Waals surface area contributed by atoms with Gasteiger partial charge in [-0.05, 0) is 38.5 Å². The first-order chi connectivity index (χ1) is 8.54. The van der Waals surface area contributed by atoms with Crippen molar-refractivity contribution < 1.29 is 14.6 Å². The third-order valence-corrected chi connectivity index (χ3v) is 2.40. The number of hydrogen-bond acceptors (Lipinski definition) is 3. The zero-order valence-electron chi connectivity index (χ0n) is 10.6. The van der Waals surface area contributed by atoms with E-state index in [0.717, 1.165) is 0 Å². The van der Waals surface area contributed by atoms with Crippen molar-refractivity contribution in [1.29, 1.82) is 0 Å². The van der Waals surface area contributed by atoms with Gasteiger partial charge in [-0.3, -0.25) is 4.79 Å². The van der Waals surface area contributed by atoms with Gasteiger partial charge in [0.2, 0.25) is 0 Å². The Bertz CT molecular complexity index is 407. The normalized spacial score (nSPS) is 10.5. The molecule has 0 atom stereocenters. The van der Waals surface area contributed by atoms with Gasteiger partial charge in [0, 0.05) is 18.2 Å². The molecule has 0 aliphatic rings. The molecule has 5 heteroatoms. The van der Waals surface area contributed by atoms with Crippen LogP contribution in [0.5, 0.6) is 5.75 Å². The highest BCUT2D eigenvalue weighted by Crippen LogP contribution is 2.23. The summed E-state index contributed by atoms with van der Waals surface area (Å²) in [6.07, 6.45) is 0.502. The molecule has 0 spiro atoms.